The van der Waals surface area contributed by atoms with Gasteiger partial charge in [0.05, 0.1) is 23.4 Å². The number of halogens is 3. The van der Waals surface area contributed by atoms with E-state index in [1.54, 1.807) is 0 Å². The lowest BCUT2D eigenvalue weighted by Crippen LogP contribution is -2.36. The van der Waals surface area contributed by atoms with Gasteiger partial charge in [-0.3, -0.25) is 4.79 Å². The number of carbonyl (C=O) groups excluding carboxylic acids is 1. The predicted octanol–water partition coefficient (Wildman–Crippen LogP) is 3.29. The standard InChI is InChI=1S/C16H16Cl2FN3O5S/c1-8(2)7-26-16-12(18)3-9(6-21-16)27-14-5-13(19)10(4-11(14)17)15(23)22-28(20,24)25/h3-6,8H,7H2,1-2H3,(H,22,23)(H2,20,24,25). The number of ether oxygens (including phenoxy) is 2. The summed E-state index contributed by atoms with van der Waals surface area (Å²) >= 11 is 12.1. The fourth-order valence-electron chi connectivity index (χ4n) is 1.91. The van der Waals surface area contributed by atoms with E-state index in [4.69, 9.17) is 32.7 Å². The van der Waals surface area contributed by atoms with Crippen molar-refractivity contribution in [1.82, 2.24) is 9.71 Å². The van der Waals surface area contributed by atoms with Crippen molar-refractivity contribution in [3.63, 3.8) is 0 Å². The number of carbonyl (C=O) groups is 1. The van der Waals surface area contributed by atoms with Gasteiger partial charge in [0.25, 0.3) is 16.1 Å². The third kappa shape index (κ3) is 6.20. The molecule has 28 heavy (non-hydrogen) atoms. The van der Waals surface area contributed by atoms with Crippen molar-refractivity contribution in [2.24, 2.45) is 11.1 Å². The lowest BCUT2D eigenvalue weighted by Gasteiger charge is -2.12. The molecule has 0 saturated carbocycles. The van der Waals surface area contributed by atoms with Crippen LogP contribution in [0.15, 0.2) is 24.4 Å². The average Bonchev–Trinajstić information content (AvgIpc) is 2.55. The van der Waals surface area contributed by atoms with E-state index in [1.165, 1.54) is 17.0 Å². The molecule has 0 radical (unpaired) electrons. The molecule has 1 amide bonds. The summed E-state index contributed by atoms with van der Waals surface area (Å²) in [5, 5.41) is 4.71. The zero-order valence-electron chi connectivity index (χ0n) is 14.7. The molecule has 0 saturated heterocycles. The molecule has 0 bridgehead atoms. The van der Waals surface area contributed by atoms with Crippen molar-refractivity contribution in [3.8, 4) is 17.4 Å². The number of nitrogens with two attached hydrogens (primary N) is 1. The summed E-state index contributed by atoms with van der Waals surface area (Å²) in [5.41, 5.74) is -0.625. The number of amides is 1. The number of rotatable bonds is 7. The van der Waals surface area contributed by atoms with Crippen molar-refractivity contribution >= 4 is 39.3 Å². The Morgan fingerprint density at radius 2 is 1.96 bits per heavy atom. The summed E-state index contributed by atoms with van der Waals surface area (Å²) in [7, 11) is -4.35. The van der Waals surface area contributed by atoms with E-state index < -0.39 is 27.5 Å². The topological polar surface area (TPSA) is 121 Å². The summed E-state index contributed by atoms with van der Waals surface area (Å²) < 4.78 is 48.3. The van der Waals surface area contributed by atoms with Crippen LogP contribution in [0.2, 0.25) is 10.0 Å². The summed E-state index contributed by atoms with van der Waals surface area (Å²) in [6.07, 6.45) is 1.30. The van der Waals surface area contributed by atoms with Gasteiger partial charge < -0.3 is 9.47 Å². The molecule has 1 aromatic carbocycles. The first-order valence-electron chi connectivity index (χ1n) is 7.76. The molecule has 2 rings (SSSR count). The second kappa shape index (κ2) is 8.91. The molecule has 0 spiro atoms. The zero-order chi connectivity index (χ0) is 21.1. The van der Waals surface area contributed by atoms with Gasteiger partial charge in [-0.1, -0.05) is 37.0 Å². The highest BCUT2D eigenvalue weighted by atomic mass is 35.5. The van der Waals surface area contributed by atoms with Crippen LogP contribution < -0.4 is 19.3 Å². The summed E-state index contributed by atoms with van der Waals surface area (Å²) in [5.74, 6) is -1.85. The number of hydrogen-bond acceptors (Lipinski definition) is 6. The monoisotopic (exact) mass is 451 g/mol. The highest BCUT2D eigenvalue weighted by Gasteiger charge is 2.19. The maximum absolute atomic E-state index is 14.2. The molecule has 0 aliphatic rings. The summed E-state index contributed by atoms with van der Waals surface area (Å²) in [6.45, 7) is 4.36. The lowest BCUT2D eigenvalue weighted by molar-refractivity contribution is 0.0977. The van der Waals surface area contributed by atoms with Gasteiger partial charge in [0, 0.05) is 12.1 Å². The van der Waals surface area contributed by atoms with Gasteiger partial charge in [-0.25, -0.2) is 19.2 Å². The van der Waals surface area contributed by atoms with E-state index in [0.29, 0.717) is 6.61 Å². The Kier molecular flexibility index (Phi) is 7.05. The van der Waals surface area contributed by atoms with Gasteiger partial charge in [0.1, 0.15) is 22.3 Å². The largest absolute Gasteiger partial charge is 0.476 e. The first-order valence-corrected chi connectivity index (χ1v) is 10.1. The molecule has 0 aliphatic carbocycles. The van der Waals surface area contributed by atoms with Crippen molar-refractivity contribution in [3.05, 3.63) is 45.8 Å². The Morgan fingerprint density at radius 1 is 1.29 bits per heavy atom. The van der Waals surface area contributed by atoms with Crippen LogP contribution in [-0.4, -0.2) is 25.9 Å². The van der Waals surface area contributed by atoms with E-state index >= 15 is 0 Å². The van der Waals surface area contributed by atoms with Crippen LogP contribution in [0.3, 0.4) is 0 Å². The highest BCUT2D eigenvalue weighted by Crippen LogP contribution is 2.34. The quantitative estimate of drug-likeness (QED) is 0.665. The van der Waals surface area contributed by atoms with Crippen LogP contribution in [0.25, 0.3) is 0 Å². The molecule has 152 valence electrons. The van der Waals surface area contributed by atoms with Crippen LogP contribution >= 0.6 is 23.2 Å². The van der Waals surface area contributed by atoms with E-state index in [-0.39, 0.29) is 33.3 Å². The fourth-order valence-corrected chi connectivity index (χ4v) is 2.69. The average molecular weight is 452 g/mol. The minimum atomic E-state index is -4.35. The summed E-state index contributed by atoms with van der Waals surface area (Å²) in [6, 6.07) is 3.12. The van der Waals surface area contributed by atoms with Gasteiger partial charge >= 0.3 is 0 Å². The second-order valence-corrected chi connectivity index (χ2v) is 8.11. The molecule has 0 atom stereocenters. The number of benzene rings is 1. The number of hydrogen-bond donors (Lipinski definition) is 2. The minimum absolute atomic E-state index is 0.139. The number of pyridine rings is 1. The van der Waals surface area contributed by atoms with E-state index in [2.05, 4.69) is 10.1 Å². The van der Waals surface area contributed by atoms with Gasteiger partial charge in [0.2, 0.25) is 5.88 Å². The van der Waals surface area contributed by atoms with Crippen LogP contribution in [0.1, 0.15) is 24.2 Å². The molecule has 0 fully saturated rings. The molecule has 0 unspecified atom stereocenters. The molecule has 2 aromatic rings. The number of nitrogens with zero attached hydrogens (tertiary/aromatic N) is 1. The van der Waals surface area contributed by atoms with Crippen LogP contribution in [0, 0.1) is 11.7 Å². The second-order valence-electron chi connectivity index (χ2n) is 6.00. The number of aromatic nitrogens is 1. The number of nitrogens with one attached hydrogen (secondary N) is 1. The zero-order valence-corrected chi connectivity index (χ0v) is 17.0. The van der Waals surface area contributed by atoms with Gasteiger partial charge in [-0.15, -0.1) is 0 Å². The predicted molar refractivity (Wildman–Crippen MR) is 102 cm³/mol. The van der Waals surface area contributed by atoms with Crippen LogP contribution in [-0.2, 0) is 10.2 Å². The van der Waals surface area contributed by atoms with Crippen molar-refractivity contribution < 1.29 is 27.1 Å². The maximum Gasteiger partial charge on any atom is 0.298 e. The van der Waals surface area contributed by atoms with Crippen LogP contribution in [0.4, 0.5) is 4.39 Å². The SMILES string of the molecule is CC(C)COc1ncc(Oc2cc(F)c(C(=O)NS(N)(=O)=O)cc2Cl)cc1Cl. The molecule has 12 heteroatoms. The third-order valence-corrected chi connectivity index (χ3v) is 4.10. The third-order valence-electron chi connectivity index (χ3n) is 3.06. The molecular weight excluding hydrogens is 436 g/mol. The molecular formula is C16H16Cl2FN3O5S. The Hall–Kier alpha value is -2.14. The van der Waals surface area contributed by atoms with Gasteiger partial charge in [-0.05, 0) is 12.0 Å². The van der Waals surface area contributed by atoms with Gasteiger partial charge in [-0.2, -0.15) is 8.42 Å². The fraction of sp³-hybridized carbons (Fsp3) is 0.250. The Bertz CT molecular complexity index is 1000. The van der Waals surface area contributed by atoms with Crippen molar-refractivity contribution in [1.29, 1.82) is 0 Å². The lowest BCUT2D eigenvalue weighted by atomic mass is 10.2. The Morgan fingerprint density at radius 3 is 2.54 bits per heavy atom. The van der Waals surface area contributed by atoms with E-state index in [9.17, 15) is 17.6 Å². The molecule has 0 aliphatic heterocycles. The summed E-state index contributed by atoms with van der Waals surface area (Å²) in [4.78, 5) is 15.8. The maximum atomic E-state index is 14.2. The molecule has 1 aromatic heterocycles. The molecule has 1 heterocycles. The van der Waals surface area contributed by atoms with Crippen molar-refractivity contribution in [2.75, 3.05) is 6.61 Å². The highest BCUT2D eigenvalue weighted by molar-refractivity contribution is 7.87. The van der Waals surface area contributed by atoms with E-state index in [0.717, 1.165) is 12.1 Å². The molecule has 3 N–H and O–H groups in total. The van der Waals surface area contributed by atoms with Crippen LogP contribution in [0.5, 0.6) is 17.4 Å². The first kappa shape index (κ1) is 22.2. The molecule has 8 nitrogen and oxygen atoms in total. The van der Waals surface area contributed by atoms with Gasteiger partial charge in [0.15, 0.2) is 0 Å². The normalized spacial score (nSPS) is 11.4. The smallest absolute Gasteiger partial charge is 0.298 e. The Labute approximate surface area is 170 Å². The van der Waals surface area contributed by atoms with Crippen molar-refractivity contribution in [2.45, 2.75) is 13.8 Å². The Balaban J connectivity index is 2.22. The first-order chi connectivity index (χ1) is 13.0. The van der Waals surface area contributed by atoms with E-state index in [1.807, 2.05) is 13.8 Å². The minimum Gasteiger partial charge on any atom is -0.476 e.